The molecular formula is C17H16FN3O4. The third-order valence-electron chi connectivity index (χ3n) is 4.02. The molecule has 1 aromatic carbocycles. The maximum absolute atomic E-state index is 13.3. The highest BCUT2D eigenvalue weighted by Crippen LogP contribution is 2.18. The van der Waals surface area contributed by atoms with Gasteiger partial charge in [-0.1, -0.05) is 12.1 Å². The average molecular weight is 345 g/mol. The van der Waals surface area contributed by atoms with Crippen molar-refractivity contribution in [3.05, 3.63) is 54.0 Å². The standard InChI is InChI=1S/C17H16FN3O4/c18-12-3-1-2-10(6-12)13-5-4-11(7-19-13)16(23)20-14-8-21(17(24)25)9-15(14)22/h1-7,14-15,22H,8-9H2,(H,20,23)(H,24,25). The number of aliphatic hydroxyl groups is 1. The Morgan fingerprint density at radius 1 is 1.24 bits per heavy atom. The lowest BCUT2D eigenvalue weighted by Gasteiger charge is -2.15. The van der Waals surface area contributed by atoms with Gasteiger partial charge in [-0.05, 0) is 24.3 Å². The van der Waals surface area contributed by atoms with Crippen molar-refractivity contribution in [1.82, 2.24) is 15.2 Å². The molecule has 2 heterocycles. The summed E-state index contributed by atoms with van der Waals surface area (Å²) >= 11 is 0. The van der Waals surface area contributed by atoms with Gasteiger partial charge >= 0.3 is 6.09 Å². The van der Waals surface area contributed by atoms with E-state index in [9.17, 15) is 19.1 Å². The second-order valence-corrected chi connectivity index (χ2v) is 5.78. The fourth-order valence-electron chi connectivity index (χ4n) is 2.68. The van der Waals surface area contributed by atoms with E-state index < -0.39 is 24.1 Å². The highest BCUT2D eigenvalue weighted by Gasteiger charge is 2.35. The summed E-state index contributed by atoms with van der Waals surface area (Å²) in [6, 6.07) is 8.42. The van der Waals surface area contributed by atoms with Crippen LogP contribution in [0.3, 0.4) is 0 Å². The van der Waals surface area contributed by atoms with Gasteiger partial charge in [0, 0.05) is 18.3 Å². The normalized spacial score (nSPS) is 19.7. The number of aromatic nitrogens is 1. The van der Waals surface area contributed by atoms with E-state index in [4.69, 9.17) is 5.11 Å². The second kappa shape index (κ2) is 6.86. The molecule has 130 valence electrons. The average Bonchev–Trinajstić information content (AvgIpc) is 2.96. The van der Waals surface area contributed by atoms with E-state index in [0.29, 0.717) is 11.3 Å². The van der Waals surface area contributed by atoms with Gasteiger partial charge in [0.15, 0.2) is 0 Å². The SMILES string of the molecule is O=C(NC1CN(C(=O)O)CC1O)c1ccc(-c2cccc(F)c2)nc1. The molecule has 7 nitrogen and oxygen atoms in total. The van der Waals surface area contributed by atoms with Gasteiger partial charge in [0.1, 0.15) is 5.82 Å². The van der Waals surface area contributed by atoms with Crippen molar-refractivity contribution in [2.45, 2.75) is 12.1 Å². The number of halogens is 1. The van der Waals surface area contributed by atoms with Crippen molar-refractivity contribution in [2.75, 3.05) is 13.1 Å². The number of aliphatic hydroxyl groups excluding tert-OH is 1. The van der Waals surface area contributed by atoms with Gasteiger partial charge < -0.3 is 20.4 Å². The van der Waals surface area contributed by atoms with E-state index in [2.05, 4.69) is 10.3 Å². The summed E-state index contributed by atoms with van der Waals surface area (Å²) in [5, 5.41) is 21.4. The Hall–Kier alpha value is -3.00. The summed E-state index contributed by atoms with van der Waals surface area (Å²) in [6.45, 7) is -0.0198. The fourth-order valence-corrected chi connectivity index (χ4v) is 2.68. The first-order chi connectivity index (χ1) is 11.9. The molecule has 3 N–H and O–H groups in total. The molecule has 8 heteroatoms. The molecule has 1 aromatic heterocycles. The van der Waals surface area contributed by atoms with Crippen molar-refractivity contribution < 1.29 is 24.2 Å². The van der Waals surface area contributed by atoms with Gasteiger partial charge in [0.25, 0.3) is 5.91 Å². The van der Waals surface area contributed by atoms with E-state index in [0.717, 1.165) is 4.90 Å². The molecule has 1 aliphatic rings. The number of carbonyl (C=O) groups excluding carboxylic acids is 1. The van der Waals surface area contributed by atoms with Gasteiger partial charge in [-0.2, -0.15) is 0 Å². The van der Waals surface area contributed by atoms with E-state index >= 15 is 0 Å². The van der Waals surface area contributed by atoms with Crippen molar-refractivity contribution >= 4 is 12.0 Å². The Kier molecular flexibility index (Phi) is 4.62. The smallest absolute Gasteiger partial charge is 0.407 e. The van der Waals surface area contributed by atoms with Crippen LogP contribution in [-0.2, 0) is 0 Å². The number of likely N-dealkylation sites (tertiary alicyclic amines) is 1. The van der Waals surface area contributed by atoms with Crippen LogP contribution in [0.5, 0.6) is 0 Å². The lowest BCUT2D eigenvalue weighted by molar-refractivity contribution is 0.0888. The summed E-state index contributed by atoms with van der Waals surface area (Å²) in [6.07, 6.45) is -0.747. The maximum Gasteiger partial charge on any atom is 0.407 e. The van der Waals surface area contributed by atoms with Crippen LogP contribution in [0.4, 0.5) is 9.18 Å². The molecule has 0 saturated carbocycles. The zero-order valence-corrected chi connectivity index (χ0v) is 13.1. The summed E-state index contributed by atoms with van der Waals surface area (Å²) in [5.41, 5.74) is 1.38. The zero-order chi connectivity index (χ0) is 18.0. The number of nitrogens with one attached hydrogen (secondary N) is 1. The minimum Gasteiger partial charge on any atom is -0.465 e. The number of carbonyl (C=O) groups is 2. The van der Waals surface area contributed by atoms with Crippen molar-refractivity contribution in [3.63, 3.8) is 0 Å². The first-order valence-electron chi connectivity index (χ1n) is 7.63. The second-order valence-electron chi connectivity index (χ2n) is 5.78. The predicted molar refractivity (Wildman–Crippen MR) is 86.5 cm³/mol. The van der Waals surface area contributed by atoms with Crippen LogP contribution in [0.15, 0.2) is 42.6 Å². The number of β-amino-alcohol motifs (C(OH)–C–C–N with tert-alkyl or cyclic N) is 1. The predicted octanol–water partition coefficient (Wildman–Crippen LogP) is 1.34. The van der Waals surface area contributed by atoms with Crippen molar-refractivity contribution in [3.8, 4) is 11.3 Å². The Bertz CT molecular complexity index is 797. The Morgan fingerprint density at radius 2 is 2.04 bits per heavy atom. The molecule has 1 saturated heterocycles. The zero-order valence-electron chi connectivity index (χ0n) is 13.1. The van der Waals surface area contributed by atoms with Crippen LogP contribution in [0, 0.1) is 5.82 Å². The van der Waals surface area contributed by atoms with Crippen molar-refractivity contribution in [1.29, 1.82) is 0 Å². The van der Waals surface area contributed by atoms with Crippen LogP contribution >= 0.6 is 0 Å². The van der Waals surface area contributed by atoms with Crippen LogP contribution in [-0.4, -0.2) is 57.3 Å². The number of rotatable bonds is 3. The largest absolute Gasteiger partial charge is 0.465 e. The summed E-state index contributed by atoms with van der Waals surface area (Å²) in [5.74, 6) is -0.839. The van der Waals surface area contributed by atoms with E-state index in [1.807, 2.05) is 0 Å². The molecule has 2 atom stereocenters. The number of nitrogens with zero attached hydrogens (tertiary/aromatic N) is 2. The number of hydrogen-bond acceptors (Lipinski definition) is 4. The Morgan fingerprint density at radius 3 is 2.64 bits per heavy atom. The van der Waals surface area contributed by atoms with Crippen molar-refractivity contribution in [2.24, 2.45) is 0 Å². The summed E-state index contributed by atoms with van der Waals surface area (Å²) in [7, 11) is 0. The molecular weight excluding hydrogens is 329 g/mol. The minimum atomic E-state index is -1.14. The molecule has 25 heavy (non-hydrogen) atoms. The molecule has 1 aliphatic heterocycles. The molecule has 2 amide bonds. The molecule has 0 radical (unpaired) electrons. The van der Waals surface area contributed by atoms with Gasteiger partial charge in [0.05, 0.1) is 29.9 Å². The van der Waals surface area contributed by atoms with E-state index in [1.165, 1.54) is 18.3 Å². The van der Waals surface area contributed by atoms with Crippen LogP contribution < -0.4 is 5.32 Å². The van der Waals surface area contributed by atoms with E-state index in [1.54, 1.807) is 24.3 Å². The first kappa shape index (κ1) is 16.8. The Labute approximate surface area is 142 Å². The molecule has 1 fully saturated rings. The number of amides is 2. The van der Waals surface area contributed by atoms with Crippen LogP contribution in [0.25, 0.3) is 11.3 Å². The fraction of sp³-hybridized carbons (Fsp3) is 0.235. The highest BCUT2D eigenvalue weighted by atomic mass is 19.1. The number of benzene rings is 1. The number of carboxylic acid groups (broad SMARTS) is 1. The molecule has 0 spiro atoms. The number of pyridine rings is 1. The van der Waals surface area contributed by atoms with Gasteiger partial charge in [-0.25, -0.2) is 9.18 Å². The lowest BCUT2D eigenvalue weighted by atomic mass is 10.1. The summed E-state index contributed by atoms with van der Waals surface area (Å²) < 4.78 is 13.3. The third-order valence-corrected chi connectivity index (χ3v) is 4.02. The minimum absolute atomic E-state index is 0.0248. The van der Waals surface area contributed by atoms with Crippen LogP contribution in [0.2, 0.25) is 0 Å². The quantitative estimate of drug-likeness (QED) is 0.779. The molecule has 3 rings (SSSR count). The monoisotopic (exact) mass is 345 g/mol. The molecule has 2 aromatic rings. The first-order valence-corrected chi connectivity index (χ1v) is 7.63. The molecule has 0 aliphatic carbocycles. The Balaban J connectivity index is 1.68. The maximum atomic E-state index is 13.3. The molecule has 0 bridgehead atoms. The van der Waals surface area contributed by atoms with E-state index in [-0.39, 0.29) is 24.5 Å². The third kappa shape index (κ3) is 3.74. The highest BCUT2D eigenvalue weighted by molar-refractivity contribution is 5.94. The summed E-state index contributed by atoms with van der Waals surface area (Å²) in [4.78, 5) is 28.3. The van der Waals surface area contributed by atoms with Gasteiger partial charge in [-0.3, -0.25) is 9.78 Å². The van der Waals surface area contributed by atoms with Gasteiger partial charge in [-0.15, -0.1) is 0 Å². The number of hydrogen-bond donors (Lipinski definition) is 3. The molecule has 2 unspecified atom stereocenters. The van der Waals surface area contributed by atoms with Crippen LogP contribution in [0.1, 0.15) is 10.4 Å². The lowest BCUT2D eigenvalue weighted by Crippen LogP contribution is -2.43. The topological polar surface area (TPSA) is 103 Å². The van der Waals surface area contributed by atoms with Gasteiger partial charge in [0.2, 0.25) is 0 Å².